The van der Waals surface area contributed by atoms with Crippen molar-refractivity contribution in [1.82, 2.24) is 0 Å². The van der Waals surface area contributed by atoms with Crippen molar-refractivity contribution in [2.75, 3.05) is 11.5 Å². The fourth-order valence-corrected chi connectivity index (χ4v) is 3.67. The van der Waals surface area contributed by atoms with E-state index in [0.717, 1.165) is 48.5 Å². The van der Waals surface area contributed by atoms with Gasteiger partial charge in [0, 0.05) is 0 Å². The molecule has 0 radical (unpaired) electrons. The third-order valence-corrected chi connectivity index (χ3v) is 5.07. The molecule has 1 aliphatic carbocycles. The molecule has 2 fully saturated rings. The Bertz CT molecular complexity index is 476. The molecule has 0 spiro atoms. The first-order valence-electron chi connectivity index (χ1n) is 6.79. The van der Waals surface area contributed by atoms with E-state index in [4.69, 9.17) is 4.74 Å². The normalized spacial score (nSPS) is 21.9. The maximum absolute atomic E-state index is 11.3. The molecule has 19 heavy (non-hydrogen) atoms. The van der Waals surface area contributed by atoms with Crippen molar-refractivity contribution in [1.29, 1.82) is 0 Å². The molecule has 0 bridgehead atoms. The van der Waals surface area contributed by atoms with Crippen molar-refractivity contribution in [3.63, 3.8) is 0 Å². The number of carboxylic acids is 1. The van der Waals surface area contributed by atoms with Crippen LogP contribution in [0, 0.1) is 0 Å². The molecule has 0 aromatic heterocycles. The molecule has 0 amide bonds. The minimum Gasteiger partial charge on any atom is -0.490 e. The summed E-state index contributed by atoms with van der Waals surface area (Å²) in [5.41, 5.74) is 0.254. The van der Waals surface area contributed by atoms with Crippen LogP contribution < -0.4 is 4.74 Å². The van der Waals surface area contributed by atoms with Crippen LogP contribution in [0.4, 0.5) is 0 Å². The van der Waals surface area contributed by atoms with E-state index in [1.807, 2.05) is 36.0 Å². The number of benzene rings is 1. The van der Waals surface area contributed by atoms with Gasteiger partial charge >= 0.3 is 5.97 Å². The fraction of sp³-hybridized carbons (Fsp3) is 0.533. The van der Waals surface area contributed by atoms with Gasteiger partial charge in [-0.2, -0.15) is 11.8 Å². The first-order chi connectivity index (χ1) is 9.21. The lowest BCUT2D eigenvalue weighted by Crippen LogP contribution is -2.23. The SMILES string of the molecule is O=C(O)C1(c2cccc(OC3CCSCC3)c2)CC1. The lowest BCUT2D eigenvalue weighted by Gasteiger charge is -2.23. The number of carbonyl (C=O) groups is 1. The van der Waals surface area contributed by atoms with Crippen LogP contribution in [0.15, 0.2) is 24.3 Å². The highest BCUT2D eigenvalue weighted by atomic mass is 32.2. The third-order valence-electron chi connectivity index (χ3n) is 4.02. The van der Waals surface area contributed by atoms with E-state index in [1.165, 1.54) is 0 Å². The Kier molecular flexibility index (Phi) is 3.44. The highest BCUT2D eigenvalue weighted by Gasteiger charge is 2.51. The fourth-order valence-electron chi connectivity index (χ4n) is 2.60. The Morgan fingerprint density at radius 2 is 2.05 bits per heavy atom. The zero-order chi connectivity index (χ0) is 13.3. The number of thioether (sulfide) groups is 1. The molecule has 1 aliphatic heterocycles. The van der Waals surface area contributed by atoms with Crippen molar-refractivity contribution < 1.29 is 14.6 Å². The summed E-state index contributed by atoms with van der Waals surface area (Å²) in [5.74, 6) is 2.42. The zero-order valence-corrected chi connectivity index (χ0v) is 11.6. The summed E-state index contributed by atoms with van der Waals surface area (Å²) in [6.07, 6.45) is 3.94. The third kappa shape index (κ3) is 2.59. The summed E-state index contributed by atoms with van der Waals surface area (Å²) in [6.45, 7) is 0. The van der Waals surface area contributed by atoms with Gasteiger partial charge in [-0.1, -0.05) is 12.1 Å². The number of rotatable bonds is 4. The van der Waals surface area contributed by atoms with Gasteiger partial charge in [-0.15, -0.1) is 0 Å². The molecule has 3 nitrogen and oxygen atoms in total. The Morgan fingerprint density at radius 3 is 2.68 bits per heavy atom. The van der Waals surface area contributed by atoms with Crippen LogP contribution in [0.5, 0.6) is 5.75 Å². The van der Waals surface area contributed by atoms with E-state index in [0.29, 0.717) is 0 Å². The highest BCUT2D eigenvalue weighted by Crippen LogP contribution is 2.49. The molecule has 0 unspecified atom stereocenters. The lowest BCUT2D eigenvalue weighted by molar-refractivity contribution is -0.140. The second-order valence-corrected chi connectivity index (χ2v) is 6.57. The topological polar surface area (TPSA) is 46.5 Å². The van der Waals surface area contributed by atoms with Crippen molar-refractivity contribution in [3.05, 3.63) is 29.8 Å². The zero-order valence-electron chi connectivity index (χ0n) is 10.8. The molecule has 1 saturated heterocycles. The van der Waals surface area contributed by atoms with Crippen LogP contribution in [0.3, 0.4) is 0 Å². The lowest BCUT2D eigenvalue weighted by atomic mass is 9.96. The Labute approximate surface area is 117 Å². The predicted octanol–water partition coefficient (Wildman–Crippen LogP) is 3.08. The van der Waals surface area contributed by atoms with Gasteiger partial charge in [-0.05, 0) is 54.9 Å². The molecular weight excluding hydrogens is 260 g/mol. The summed E-state index contributed by atoms with van der Waals surface area (Å²) in [7, 11) is 0. The molecule has 4 heteroatoms. The van der Waals surface area contributed by atoms with Gasteiger partial charge in [-0.25, -0.2) is 0 Å². The largest absolute Gasteiger partial charge is 0.490 e. The number of carboxylic acid groups (broad SMARTS) is 1. The number of aliphatic carboxylic acids is 1. The molecule has 2 aliphatic rings. The first kappa shape index (κ1) is 12.9. The summed E-state index contributed by atoms with van der Waals surface area (Å²) < 4.78 is 5.99. The van der Waals surface area contributed by atoms with E-state index >= 15 is 0 Å². The maximum Gasteiger partial charge on any atom is 0.314 e. The average Bonchev–Trinajstić information content (AvgIpc) is 3.22. The van der Waals surface area contributed by atoms with Gasteiger partial charge in [0.15, 0.2) is 0 Å². The van der Waals surface area contributed by atoms with Crippen LogP contribution in [0.2, 0.25) is 0 Å². The van der Waals surface area contributed by atoms with Crippen molar-refractivity contribution in [2.45, 2.75) is 37.2 Å². The molecule has 0 atom stereocenters. The van der Waals surface area contributed by atoms with E-state index in [9.17, 15) is 9.90 Å². The smallest absolute Gasteiger partial charge is 0.314 e. The Morgan fingerprint density at radius 1 is 1.32 bits per heavy atom. The van der Waals surface area contributed by atoms with Crippen molar-refractivity contribution >= 4 is 17.7 Å². The van der Waals surface area contributed by atoms with Crippen molar-refractivity contribution in [2.24, 2.45) is 0 Å². The van der Waals surface area contributed by atoms with Gasteiger partial charge in [0.25, 0.3) is 0 Å². The van der Waals surface area contributed by atoms with Crippen LogP contribution >= 0.6 is 11.8 Å². The Hall–Kier alpha value is -1.16. The van der Waals surface area contributed by atoms with E-state index in [2.05, 4.69) is 0 Å². The van der Waals surface area contributed by atoms with Crippen LogP contribution in [-0.2, 0) is 10.2 Å². The van der Waals surface area contributed by atoms with Crippen LogP contribution in [0.1, 0.15) is 31.2 Å². The number of ether oxygens (including phenoxy) is 1. The molecule has 1 aromatic rings. The van der Waals surface area contributed by atoms with Gasteiger partial charge < -0.3 is 9.84 Å². The standard InChI is InChI=1S/C15H18O3S/c16-14(17)15(6-7-15)11-2-1-3-13(10-11)18-12-4-8-19-9-5-12/h1-3,10,12H,4-9H2,(H,16,17). The minimum atomic E-state index is -0.710. The minimum absolute atomic E-state index is 0.288. The second-order valence-electron chi connectivity index (χ2n) is 5.34. The summed E-state index contributed by atoms with van der Waals surface area (Å²) in [5, 5.41) is 9.33. The Balaban J connectivity index is 1.75. The quantitative estimate of drug-likeness (QED) is 0.919. The summed E-state index contributed by atoms with van der Waals surface area (Å²) in [4.78, 5) is 11.3. The van der Waals surface area contributed by atoms with E-state index in [1.54, 1.807) is 0 Å². The monoisotopic (exact) mass is 278 g/mol. The van der Waals surface area contributed by atoms with E-state index in [-0.39, 0.29) is 6.10 Å². The summed E-state index contributed by atoms with van der Waals surface area (Å²) in [6, 6.07) is 7.67. The molecule has 102 valence electrons. The van der Waals surface area contributed by atoms with Gasteiger partial charge in [0.2, 0.25) is 0 Å². The van der Waals surface area contributed by atoms with Gasteiger partial charge in [-0.3, -0.25) is 4.79 Å². The highest BCUT2D eigenvalue weighted by molar-refractivity contribution is 7.99. The van der Waals surface area contributed by atoms with Crippen molar-refractivity contribution in [3.8, 4) is 5.75 Å². The summed E-state index contributed by atoms with van der Waals surface area (Å²) >= 11 is 1.97. The van der Waals surface area contributed by atoms with Crippen LogP contribution in [0.25, 0.3) is 0 Å². The van der Waals surface area contributed by atoms with Gasteiger partial charge in [0.05, 0.1) is 5.41 Å². The van der Waals surface area contributed by atoms with Crippen LogP contribution in [-0.4, -0.2) is 28.7 Å². The maximum atomic E-state index is 11.3. The second kappa shape index (κ2) is 5.08. The molecule has 1 heterocycles. The number of hydrogen-bond acceptors (Lipinski definition) is 3. The predicted molar refractivity (Wildman–Crippen MR) is 76.0 cm³/mol. The first-order valence-corrected chi connectivity index (χ1v) is 7.94. The molecule has 1 aromatic carbocycles. The van der Waals surface area contributed by atoms with Gasteiger partial charge in [0.1, 0.15) is 11.9 Å². The number of hydrogen-bond donors (Lipinski definition) is 1. The molecule has 1 saturated carbocycles. The molecule has 1 N–H and O–H groups in total. The molecule has 3 rings (SSSR count). The molecular formula is C15H18O3S. The average molecular weight is 278 g/mol. The van der Waals surface area contributed by atoms with E-state index < -0.39 is 11.4 Å².